The van der Waals surface area contributed by atoms with Gasteiger partial charge in [-0.2, -0.15) is 0 Å². The van der Waals surface area contributed by atoms with Crippen LogP contribution in [0.4, 0.5) is 0 Å². The zero-order chi connectivity index (χ0) is 19.8. The van der Waals surface area contributed by atoms with Crippen molar-refractivity contribution >= 4 is 29.9 Å². The third-order valence-corrected chi connectivity index (χ3v) is 5.67. The molecular weight excluding hydrogens is 479 g/mol. The van der Waals surface area contributed by atoms with Crippen LogP contribution in [-0.2, 0) is 4.74 Å². The van der Waals surface area contributed by atoms with Crippen molar-refractivity contribution in [1.82, 2.24) is 15.5 Å². The van der Waals surface area contributed by atoms with Crippen LogP contribution in [0.3, 0.4) is 0 Å². The number of nitrogens with one attached hydrogen (secondary N) is 2. The molecule has 0 radical (unpaired) electrons. The largest absolute Gasteiger partial charge is 0.489 e. The number of rotatable bonds is 7. The maximum Gasteiger partial charge on any atom is 0.191 e. The summed E-state index contributed by atoms with van der Waals surface area (Å²) in [5.41, 5.74) is 1.16. The lowest BCUT2D eigenvalue weighted by atomic mass is 10.0. The smallest absolute Gasteiger partial charge is 0.191 e. The molecule has 3 rings (SSSR count). The van der Waals surface area contributed by atoms with Gasteiger partial charge in [-0.25, -0.2) is 0 Å². The highest BCUT2D eigenvalue weighted by Gasteiger charge is 2.24. The highest BCUT2D eigenvalue weighted by atomic mass is 127. The fraction of sp³-hybridized carbons (Fsp3) is 0.682. The molecule has 0 bridgehead atoms. The number of nitrogens with zero attached hydrogens (tertiary/aromatic N) is 2. The number of hydrogen-bond acceptors (Lipinski definition) is 4. The van der Waals surface area contributed by atoms with E-state index < -0.39 is 0 Å². The van der Waals surface area contributed by atoms with Gasteiger partial charge < -0.3 is 25.0 Å². The summed E-state index contributed by atoms with van der Waals surface area (Å²) >= 11 is 0. The molecule has 2 aliphatic heterocycles. The summed E-state index contributed by atoms with van der Waals surface area (Å²) in [5.74, 6) is 2.54. The monoisotopic (exact) mass is 516 g/mol. The van der Waals surface area contributed by atoms with Crippen molar-refractivity contribution in [3.8, 4) is 5.75 Å². The third kappa shape index (κ3) is 7.94. The SMILES string of the molecule is CN=C(NCC(C)Oc1ccccc1C)NC1CCN(CC2CCOC2)CC1.I. The summed E-state index contributed by atoms with van der Waals surface area (Å²) in [7, 11) is 1.83. The molecule has 2 atom stereocenters. The summed E-state index contributed by atoms with van der Waals surface area (Å²) in [6.07, 6.45) is 3.60. The van der Waals surface area contributed by atoms with Crippen molar-refractivity contribution < 1.29 is 9.47 Å². The molecule has 2 unspecified atom stereocenters. The minimum atomic E-state index is 0. The second-order valence-corrected chi connectivity index (χ2v) is 8.10. The molecule has 2 aliphatic rings. The minimum absolute atomic E-state index is 0. The number of guanidine groups is 1. The average Bonchev–Trinajstić information content (AvgIpc) is 3.21. The Bertz CT molecular complexity index is 629. The van der Waals surface area contributed by atoms with Crippen molar-refractivity contribution in [2.75, 3.05) is 46.4 Å². The lowest BCUT2D eigenvalue weighted by molar-refractivity contribution is 0.150. The summed E-state index contributed by atoms with van der Waals surface area (Å²) in [6.45, 7) is 10.2. The van der Waals surface area contributed by atoms with Gasteiger partial charge in [0.15, 0.2) is 5.96 Å². The van der Waals surface area contributed by atoms with Gasteiger partial charge in [0.1, 0.15) is 11.9 Å². The van der Waals surface area contributed by atoms with Gasteiger partial charge >= 0.3 is 0 Å². The molecule has 0 saturated carbocycles. The van der Waals surface area contributed by atoms with Crippen LogP contribution in [0.25, 0.3) is 0 Å². The molecule has 0 aliphatic carbocycles. The van der Waals surface area contributed by atoms with E-state index in [1.54, 1.807) is 0 Å². The van der Waals surface area contributed by atoms with Crippen molar-refractivity contribution in [2.24, 2.45) is 10.9 Å². The predicted molar refractivity (Wildman–Crippen MR) is 130 cm³/mol. The van der Waals surface area contributed by atoms with E-state index >= 15 is 0 Å². The summed E-state index contributed by atoms with van der Waals surface area (Å²) in [6, 6.07) is 8.61. The van der Waals surface area contributed by atoms with Crippen LogP contribution in [0.1, 0.15) is 31.7 Å². The molecule has 0 amide bonds. The average molecular weight is 516 g/mol. The highest BCUT2D eigenvalue weighted by Crippen LogP contribution is 2.18. The number of likely N-dealkylation sites (tertiary alicyclic amines) is 1. The van der Waals surface area contributed by atoms with Crippen LogP contribution >= 0.6 is 24.0 Å². The molecule has 2 saturated heterocycles. The molecule has 0 spiro atoms. The molecule has 2 N–H and O–H groups in total. The fourth-order valence-corrected chi connectivity index (χ4v) is 3.93. The molecule has 1 aromatic rings. The van der Waals surface area contributed by atoms with E-state index in [4.69, 9.17) is 9.47 Å². The zero-order valence-corrected chi connectivity index (χ0v) is 20.4. The van der Waals surface area contributed by atoms with Crippen LogP contribution in [0.2, 0.25) is 0 Å². The van der Waals surface area contributed by atoms with Gasteiger partial charge in [-0.1, -0.05) is 18.2 Å². The van der Waals surface area contributed by atoms with E-state index in [0.29, 0.717) is 12.6 Å². The van der Waals surface area contributed by atoms with Gasteiger partial charge in [-0.05, 0) is 50.7 Å². The number of halogens is 1. The molecule has 1 aromatic carbocycles. The zero-order valence-electron chi connectivity index (χ0n) is 18.0. The second kappa shape index (κ2) is 12.6. The number of piperidine rings is 1. The van der Waals surface area contributed by atoms with Crippen LogP contribution in [0.15, 0.2) is 29.3 Å². The van der Waals surface area contributed by atoms with E-state index in [1.165, 1.54) is 13.0 Å². The first-order chi connectivity index (χ1) is 13.6. The normalized spacial score (nSPS) is 22.0. The molecule has 164 valence electrons. The Morgan fingerprint density at radius 2 is 2.03 bits per heavy atom. The first kappa shape index (κ1) is 24.2. The van der Waals surface area contributed by atoms with Gasteiger partial charge in [-0.15, -0.1) is 24.0 Å². The molecule has 2 fully saturated rings. The molecule has 6 nitrogen and oxygen atoms in total. The fourth-order valence-electron chi connectivity index (χ4n) is 3.93. The first-order valence-electron chi connectivity index (χ1n) is 10.6. The van der Waals surface area contributed by atoms with Crippen molar-refractivity contribution in [3.05, 3.63) is 29.8 Å². The molecule has 7 heteroatoms. The van der Waals surface area contributed by atoms with E-state index in [9.17, 15) is 0 Å². The Morgan fingerprint density at radius 1 is 1.28 bits per heavy atom. The maximum absolute atomic E-state index is 6.05. The molecule has 29 heavy (non-hydrogen) atoms. The molecular formula is C22H37IN4O2. The third-order valence-electron chi connectivity index (χ3n) is 5.67. The minimum Gasteiger partial charge on any atom is -0.489 e. The number of aryl methyl sites for hydroxylation is 1. The molecule has 0 aromatic heterocycles. The van der Waals surface area contributed by atoms with Crippen LogP contribution in [0.5, 0.6) is 5.75 Å². The number of para-hydroxylation sites is 1. The lowest BCUT2D eigenvalue weighted by Crippen LogP contribution is -2.50. The predicted octanol–water partition coefficient (Wildman–Crippen LogP) is 3.05. The van der Waals surface area contributed by atoms with Gasteiger partial charge in [0, 0.05) is 39.3 Å². The van der Waals surface area contributed by atoms with Gasteiger partial charge in [0.05, 0.1) is 13.2 Å². The van der Waals surface area contributed by atoms with E-state index in [2.05, 4.69) is 40.4 Å². The number of ether oxygens (including phenoxy) is 2. The summed E-state index contributed by atoms with van der Waals surface area (Å²) in [4.78, 5) is 6.98. The Balaban J connectivity index is 0.00000300. The van der Waals surface area contributed by atoms with E-state index in [1.807, 2.05) is 25.2 Å². The van der Waals surface area contributed by atoms with E-state index in [0.717, 1.165) is 62.3 Å². The highest BCUT2D eigenvalue weighted by molar-refractivity contribution is 14.0. The molecule has 2 heterocycles. The Hall–Kier alpha value is -1.06. The summed E-state index contributed by atoms with van der Waals surface area (Å²) in [5, 5.41) is 6.99. The van der Waals surface area contributed by atoms with Gasteiger partial charge in [0.25, 0.3) is 0 Å². The maximum atomic E-state index is 6.05. The van der Waals surface area contributed by atoms with Gasteiger partial charge in [0.2, 0.25) is 0 Å². The Labute approximate surface area is 192 Å². The lowest BCUT2D eigenvalue weighted by Gasteiger charge is -2.34. The number of hydrogen-bond donors (Lipinski definition) is 2. The van der Waals surface area contributed by atoms with Crippen molar-refractivity contribution in [3.63, 3.8) is 0 Å². The number of benzene rings is 1. The standard InChI is InChI=1S/C22H36N4O2.HI/c1-17-6-4-5-7-21(17)28-18(2)14-24-22(23-3)25-20-8-11-26(12-9-20)15-19-10-13-27-16-19;/h4-7,18-20H,8-16H2,1-3H3,(H2,23,24,25);1H. The second-order valence-electron chi connectivity index (χ2n) is 8.10. The van der Waals surface area contributed by atoms with Crippen LogP contribution in [0, 0.1) is 12.8 Å². The Morgan fingerprint density at radius 3 is 2.69 bits per heavy atom. The van der Waals surface area contributed by atoms with Gasteiger partial charge in [-0.3, -0.25) is 4.99 Å². The van der Waals surface area contributed by atoms with Crippen molar-refractivity contribution in [1.29, 1.82) is 0 Å². The van der Waals surface area contributed by atoms with Crippen molar-refractivity contribution in [2.45, 2.75) is 45.3 Å². The van der Waals surface area contributed by atoms with Crippen LogP contribution < -0.4 is 15.4 Å². The van der Waals surface area contributed by atoms with Crippen LogP contribution in [-0.4, -0.2) is 69.4 Å². The summed E-state index contributed by atoms with van der Waals surface area (Å²) < 4.78 is 11.5. The Kier molecular flexibility index (Phi) is 10.5. The van der Waals surface area contributed by atoms with E-state index in [-0.39, 0.29) is 30.1 Å². The number of aliphatic imine (C=N–C) groups is 1. The topological polar surface area (TPSA) is 58.1 Å². The first-order valence-corrected chi connectivity index (χ1v) is 10.6. The quantitative estimate of drug-likeness (QED) is 0.332.